The van der Waals surface area contributed by atoms with Gasteiger partial charge >= 0.3 is 0 Å². The Bertz CT molecular complexity index is 628. The van der Waals surface area contributed by atoms with Crippen molar-refractivity contribution in [2.45, 2.75) is 45.4 Å². The van der Waals surface area contributed by atoms with Crippen molar-refractivity contribution in [3.8, 4) is 0 Å². The van der Waals surface area contributed by atoms with Crippen LogP contribution < -0.4 is 16.0 Å². The Morgan fingerprint density at radius 1 is 1.17 bits per heavy atom. The van der Waals surface area contributed by atoms with Gasteiger partial charge in [-0.3, -0.25) is 15.1 Å². The zero-order valence-corrected chi connectivity index (χ0v) is 19.5. The molecule has 2 rings (SSSR count). The van der Waals surface area contributed by atoms with Crippen LogP contribution in [0.25, 0.3) is 0 Å². The van der Waals surface area contributed by atoms with Crippen molar-refractivity contribution in [3.63, 3.8) is 0 Å². The lowest BCUT2D eigenvalue weighted by Crippen LogP contribution is -2.41. The maximum absolute atomic E-state index is 10.7. The third-order valence-corrected chi connectivity index (χ3v) is 5.30. The number of nitro benzene ring substituents is 1. The van der Waals surface area contributed by atoms with Crippen molar-refractivity contribution in [1.29, 1.82) is 0 Å². The summed E-state index contributed by atoms with van der Waals surface area (Å²) in [5.74, 6) is 0.788. The molecule has 0 amide bonds. The molecule has 4 N–H and O–H groups in total. The lowest BCUT2D eigenvalue weighted by Gasteiger charge is -2.35. The second-order valence-corrected chi connectivity index (χ2v) is 7.39. The van der Waals surface area contributed by atoms with Gasteiger partial charge < -0.3 is 21.1 Å². The molecule has 8 nitrogen and oxygen atoms in total. The summed E-state index contributed by atoms with van der Waals surface area (Å²) in [4.78, 5) is 15.1. The fraction of sp³-hybridized carbons (Fsp3) is 0.650. The number of nitrogens with zero attached hydrogens (tertiary/aromatic N) is 2. The predicted molar refractivity (Wildman–Crippen MR) is 128 cm³/mol. The molecule has 0 saturated heterocycles. The minimum absolute atomic E-state index is 0. The van der Waals surface area contributed by atoms with Crippen molar-refractivity contribution in [3.05, 3.63) is 34.4 Å². The Balaban J connectivity index is 0.00000420. The Morgan fingerprint density at radius 2 is 1.86 bits per heavy atom. The number of halogens is 1. The van der Waals surface area contributed by atoms with Crippen LogP contribution in [0, 0.1) is 15.5 Å². The van der Waals surface area contributed by atoms with E-state index >= 15 is 0 Å². The van der Waals surface area contributed by atoms with Crippen LogP contribution in [0.1, 0.15) is 45.4 Å². The quantitative estimate of drug-likeness (QED) is 0.0941. The number of hydrogen-bond acceptors (Lipinski definition) is 5. The van der Waals surface area contributed by atoms with Crippen LogP contribution in [0.15, 0.2) is 29.3 Å². The Labute approximate surface area is 190 Å². The summed E-state index contributed by atoms with van der Waals surface area (Å²) in [7, 11) is 0. The van der Waals surface area contributed by atoms with E-state index in [9.17, 15) is 15.2 Å². The second kappa shape index (κ2) is 13.6. The van der Waals surface area contributed by atoms with Crippen molar-refractivity contribution < 1.29 is 10.0 Å². The normalized spacial score (nSPS) is 15.9. The number of aliphatic hydroxyl groups is 1. The summed E-state index contributed by atoms with van der Waals surface area (Å²) in [5.41, 5.74) is 1.06. The first-order valence-corrected chi connectivity index (χ1v) is 10.2. The third-order valence-electron chi connectivity index (χ3n) is 5.30. The molecule has 164 valence electrons. The van der Waals surface area contributed by atoms with Crippen LogP contribution in [0.5, 0.6) is 0 Å². The molecule has 0 aromatic heterocycles. The van der Waals surface area contributed by atoms with Crippen LogP contribution in [0.3, 0.4) is 0 Å². The highest BCUT2D eigenvalue weighted by atomic mass is 127. The summed E-state index contributed by atoms with van der Waals surface area (Å²) >= 11 is 0. The van der Waals surface area contributed by atoms with Gasteiger partial charge in [-0.15, -0.1) is 24.0 Å². The second-order valence-electron chi connectivity index (χ2n) is 7.39. The number of anilines is 1. The van der Waals surface area contributed by atoms with Gasteiger partial charge in [0.15, 0.2) is 5.96 Å². The first-order chi connectivity index (χ1) is 13.6. The minimum Gasteiger partial charge on any atom is -0.396 e. The van der Waals surface area contributed by atoms with Gasteiger partial charge in [0.25, 0.3) is 5.69 Å². The number of guanidine groups is 1. The van der Waals surface area contributed by atoms with E-state index in [-0.39, 0.29) is 41.7 Å². The number of hydrogen-bond donors (Lipinski definition) is 4. The summed E-state index contributed by atoms with van der Waals surface area (Å²) in [5, 5.41) is 30.0. The van der Waals surface area contributed by atoms with E-state index in [0.29, 0.717) is 13.1 Å². The molecule has 0 heterocycles. The van der Waals surface area contributed by atoms with E-state index < -0.39 is 4.92 Å². The lowest BCUT2D eigenvalue weighted by molar-refractivity contribution is -0.384. The van der Waals surface area contributed by atoms with Gasteiger partial charge in [-0.2, -0.15) is 0 Å². The maximum atomic E-state index is 10.7. The minimum atomic E-state index is -0.402. The Hall–Kier alpha value is -1.62. The van der Waals surface area contributed by atoms with Crippen LogP contribution in [0.2, 0.25) is 0 Å². The molecule has 0 radical (unpaired) electrons. The van der Waals surface area contributed by atoms with Crippen LogP contribution in [-0.4, -0.2) is 48.8 Å². The smallest absolute Gasteiger partial charge is 0.269 e. The molecular formula is C20H34IN5O3. The predicted octanol–water partition coefficient (Wildman–Crippen LogP) is 3.51. The zero-order valence-electron chi connectivity index (χ0n) is 17.2. The van der Waals surface area contributed by atoms with Gasteiger partial charge in [0, 0.05) is 50.6 Å². The van der Waals surface area contributed by atoms with E-state index in [1.54, 1.807) is 12.1 Å². The molecule has 1 saturated carbocycles. The van der Waals surface area contributed by atoms with Gasteiger partial charge in [0.2, 0.25) is 0 Å². The van der Waals surface area contributed by atoms with E-state index in [1.165, 1.54) is 31.4 Å². The van der Waals surface area contributed by atoms with Crippen LogP contribution in [-0.2, 0) is 0 Å². The monoisotopic (exact) mass is 519 g/mol. The number of nitro groups is 1. The lowest BCUT2D eigenvalue weighted by atomic mass is 9.72. The average molecular weight is 519 g/mol. The van der Waals surface area contributed by atoms with Crippen LogP contribution >= 0.6 is 24.0 Å². The largest absolute Gasteiger partial charge is 0.396 e. The van der Waals surface area contributed by atoms with Crippen molar-refractivity contribution in [1.82, 2.24) is 10.6 Å². The molecule has 1 aromatic carbocycles. The molecule has 29 heavy (non-hydrogen) atoms. The molecule has 1 aliphatic carbocycles. The van der Waals surface area contributed by atoms with E-state index in [4.69, 9.17) is 4.99 Å². The Morgan fingerprint density at radius 3 is 2.45 bits per heavy atom. The molecule has 0 spiro atoms. The summed E-state index contributed by atoms with van der Waals surface area (Å²) in [6.07, 6.45) is 6.81. The highest BCUT2D eigenvalue weighted by Crippen LogP contribution is 2.39. The van der Waals surface area contributed by atoms with Gasteiger partial charge in [-0.05, 0) is 43.7 Å². The van der Waals surface area contributed by atoms with Gasteiger partial charge in [0.05, 0.1) is 4.92 Å². The summed E-state index contributed by atoms with van der Waals surface area (Å²) < 4.78 is 0. The van der Waals surface area contributed by atoms with Gasteiger partial charge in [-0.1, -0.05) is 19.3 Å². The Kier molecular flexibility index (Phi) is 11.9. The van der Waals surface area contributed by atoms with Gasteiger partial charge in [-0.25, -0.2) is 0 Å². The fourth-order valence-corrected chi connectivity index (χ4v) is 3.70. The standard InChI is InChI=1S/C20H33N5O3.HI/c1-2-21-19(24-16-20(12-15-26)10-4-3-5-11-20)23-14-13-22-17-6-8-18(9-7-17)25(27)28;/h6-9,22,26H,2-5,10-16H2,1H3,(H2,21,23,24);1H. The summed E-state index contributed by atoms with van der Waals surface area (Å²) in [6.45, 7) is 5.13. The number of nitrogens with one attached hydrogen (secondary N) is 3. The van der Waals surface area contributed by atoms with E-state index in [1.807, 2.05) is 6.92 Å². The highest BCUT2D eigenvalue weighted by molar-refractivity contribution is 14.0. The number of benzene rings is 1. The summed E-state index contributed by atoms with van der Waals surface area (Å²) in [6, 6.07) is 6.40. The molecule has 0 atom stereocenters. The number of rotatable bonds is 10. The molecule has 0 aliphatic heterocycles. The maximum Gasteiger partial charge on any atom is 0.269 e. The molecule has 1 aliphatic rings. The average Bonchev–Trinajstić information content (AvgIpc) is 2.70. The van der Waals surface area contributed by atoms with E-state index in [2.05, 4.69) is 16.0 Å². The van der Waals surface area contributed by atoms with E-state index in [0.717, 1.165) is 44.0 Å². The topological polar surface area (TPSA) is 112 Å². The fourth-order valence-electron chi connectivity index (χ4n) is 3.70. The first kappa shape index (κ1) is 25.4. The number of aliphatic imine (C=N–C) groups is 1. The molecule has 9 heteroatoms. The molecular weight excluding hydrogens is 485 g/mol. The highest BCUT2D eigenvalue weighted by Gasteiger charge is 2.31. The molecule has 0 unspecified atom stereocenters. The molecule has 0 bridgehead atoms. The first-order valence-electron chi connectivity index (χ1n) is 10.2. The molecule has 1 aromatic rings. The van der Waals surface area contributed by atoms with Crippen molar-refractivity contribution in [2.75, 3.05) is 38.1 Å². The molecule has 1 fully saturated rings. The number of aliphatic hydroxyl groups excluding tert-OH is 1. The van der Waals surface area contributed by atoms with Crippen LogP contribution in [0.4, 0.5) is 11.4 Å². The zero-order chi connectivity index (χ0) is 20.2. The SMILES string of the molecule is CCNC(=NCC1(CCO)CCCCC1)NCCNc1ccc([N+](=O)[O-])cc1.I. The van der Waals surface area contributed by atoms with Crippen molar-refractivity contribution in [2.24, 2.45) is 10.4 Å². The van der Waals surface area contributed by atoms with Gasteiger partial charge in [0.1, 0.15) is 0 Å². The third kappa shape index (κ3) is 8.73. The van der Waals surface area contributed by atoms with Crippen molar-refractivity contribution >= 4 is 41.3 Å². The number of non-ortho nitro benzene ring substituents is 1.